The number of rotatable bonds is 4. The van der Waals surface area contributed by atoms with Gasteiger partial charge in [-0.15, -0.1) is 0 Å². The third-order valence-electron chi connectivity index (χ3n) is 2.14. The van der Waals surface area contributed by atoms with Gasteiger partial charge in [0, 0.05) is 6.54 Å². The van der Waals surface area contributed by atoms with Crippen LogP contribution in [-0.4, -0.2) is 15.0 Å². The molecule has 0 radical (unpaired) electrons. The van der Waals surface area contributed by atoms with Gasteiger partial charge in [0.1, 0.15) is 0 Å². The van der Waals surface area contributed by atoms with Gasteiger partial charge in [-0.3, -0.25) is 0 Å². The highest BCUT2D eigenvalue weighted by Gasteiger charge is 2.11. The van der Waals surface area contributed by atoms with Gasteiger partial charge in [0.15, 0.2) is 0 Å². The number of hydrogen-bond acceptors (Lipinski definition) is 3. The lowest BCUT2D eigenvalue weighted by atomic mass is 10.1. The van der Waals surface area contributed by atoms with Crippen LogP contribution in [0.4, 0.5) is 0 Å². The molecular formula is C10H16N2O2S. The Morgan fingerprint density at radius 1 is 1.40 bits per heavy atom. The Labute approximate surface area is 90.5 Å². The minimum Gasteiger partial charge on any atom is -0.313 e. The summed E-state index contributed by atoms with van der Waals surface area (Å²) in [6, 6.07) is 5.28. The van der Waals surface area contributed by atoms with E-state index in [2.05, 4.69) is 5.32 Å². The van der Waals surface area contributed by atoms with Gasteiger partial charge in [0.2, 0.25) is 10.0 Å². The second-order valence-electron chi connectivity index (χ2n) is 3.43. The summed E-state index contributed by atoms with van der Waals surface area (Å²) < 4.78 is 22.5. The molecule has 1 rings (SSSR count). The molecule has 0 saturated heterocycles. The van der Waals surface area contributed by atoms with Crippen molar-refractivity contribution in [2.75, 3.05) is 6.54 Å². The average molecular weight is 228 g/mol. The monoisotopic (exact) mass is 228 g/mol. The molecule has 0 saturated carbocycles. The fraction of sp³-hybridized carbons (Fsp3) is 0.400. The molecule has 0 aromatic heterocycles. The zero-order chi connectivity index (χ0) is 11.5. The van der Waals surface area contributed by atoms with Crippen LogP contribution in [0.5, 0.6) is 0 Å². The van der Waals surface area contributed by atoms with Crippen molar-refractivity contribution in [3.63, 3.8) is 0 Å². The number of primary sulfonamides is 1. The molecule has 5 heteroatoms. The van der Waals surface area contributed by atoms with Crippen LogP contribution in [0.3, 0.4) is 0 Å². The van der Waals surface area contributed by atoms with Gasteiger partial charge in [0.05, 0.1) is 4.90 Å². The number of nitrogens with two attached hydrogens (primary N) is 1. The van der Waals surface area contributed by atoms with E-state index in [-0.39, 0.29) is 4.90 Å². The largest absolute Gasteiger partial charge is 0.313 e. The summed E-state index contributed by atoms with van der Waals surface area (Å²) in [6.45, 7) is 5.23. The Hall–Kier alpha value is -0.910. The summed E-state index contributed by atoms with van der Waals surface area (Å²) in [5, 5.41) is 8.23. The molecule has 0 aliphatic carbocycles. The maximum Gasteiger partial charge on any atom is 0.238 e. The Balaban J connectivity index is 3.06. The van der Waals surface area contributed by atoms with Gasteiger partial charge in [-0.25, -0.2) is 13.6 Å². The first-order valence-electron chi connectivity index (χ1n) is 4.78. The molecule has 84 valence electrons. The number of sulfonamides is 1. The SMILES string of the molecule is CCNCc1ccc(C)c(S(N)(=O)=O)c1. The standard InChI is InChI=1S/C10H16N2O2S/c1-3-12-7-9-5-4-8(2)10(6-9)15(11,13)14/h4-6,12H,3,7H2,1-2H3,(H2,11,13,14). The Morgan fingerprint density at radius 2 is 2.07 bits per heavy atom. The van der Waals surface area contributed by atoms with E-state index in [4.69, 9.17) is 5.14 Å². The summed E-state index contributed by atoms with van der Waals surface area (Å²) >= 11 is 0. The molecule has 4 nitrogen and oxygen atoms in total. The summed E-state index contributed by atoms with van der Waals surface area (Å²) in [5.74, 6) is 0. The zero-order valence-electron chi connectivity index (χ0n) is 8.95. The predicted molar refractivity (Wildman–Crippen MR) is 59.9 cm³/mol. The average Bonchev–Trinajstić information content (AvgIpc) is 2.15. The lowest BCUT2D eigenvalue weighted by molar-refractivity contribution is 0.597. The van der Waals surface area contributed by atoms with E-state index in [1.54, 1.807) is 19.1 Å². The lowest BCUT2D eigenvalue weighted by Crippen LogP contribution is -2.16. The van der Waals surface area contributed by atoms with Crippen LogP contribution in [-0.2, 0) is 16.6 Å². The van der Waals surface area contributed by atoms with E-state index in [9.17, 15) is 8.42 Å². The topological polar surface area (TPSA) is 72.2 Å². The molecule has 0 fully saturated rings. The Kier molecular flexibility index (Phi) is 3.84. The van der Waals surface area contributed by atoms with E-state index < -0.39 is 10.0 Å². The highest BCUT2D eigenvalue weighted by Crippen LogP contribution is 2.15. The molecule has 3 N–H and O–H groups in total. The van der Waals surface area contributed by atoms with E-state index in [0.29, 0.717) is 12.1 Å². The second kappa shape index (κ2) is 4.74. The molecule has 0 spiro atoms. The van der Waals surface area contributed by atoms with Crippen molar-refractivity contribution in [3.05, 3.63) is 29.3 Å². The summed E-state index contributed by atoms with van der Waals surface area (Å²) in [6.07, 6.45) is 0. The molecule has 1 aromatic carbocycles. The van der Waals surface area contributed by atoms with Crippen LogP contribution in [0.15, 0.2) is 23.1 Å². The van der Waals surface area contributed by atoms with E-state index in [1.807, 2.05) is 13.0 Å². The van der Waals surface area contributed by atoms with E-state index in [1.165, 1.54) is 0 Å². The smallest absolute Gasteiger partial charge is 0.238 e. The first kappa shape index (κ1) is 12.2. The van der Waals surface area contributed by atoms with Crippen LogP contribution < -0.4 is 10.5 Å². The van der Waals surface area contributed by atoms with E-state index >= 15 is 0 Å². The normalized spacial score (nSPS) is 11.7. The minimum atomic E-state index is -3.61. The molecule has 1 aromatic rings. The molecular weight excluding hydrogens is 212 g/mol. The maximum atomic E-state index is 11.2. The maximum absolute atomic E-state index is 11.2. The summed E-state index contributed by atoms with van der Waals surface area (Å²) in [4.78, 5) is 0.206. The lowest BCUT2D eigenvalue weighted by Gasteiger charge is -2.07. The van der Waals surface area contributed by atoms with Crippen LogP contribution in [0.2, 0.25) is 0 Å². The number of benzene rings is 1. The molecule has 0 amide bonds. The molecule has 0 aliphatic heterocycles. The van der Waals surface area contributed by atoms with Crippen molar-refractivity contribution in [1.82, 2.24) is 5.32 Å². The highest BCUT2D eigenvalue weighted by atomic mass is 32.2. The third kappa shape index (κ3) is 3.30. The predicted octanol–water partition coefficient (Wildman–Crippen LogP) is 0.752. The first-order valence-corrected chi connectivity index (χ1v) is 6.33. The second-order valence-corrected chi connectivity index (χ2v) is 4.96. The van der Waals surface area contributed by atoms with E-state index in [0.717, 1.165) is 12.1 Å². The van der Waals surface area contributed by atoms with Crippen LogP contribution in [0.1, 0.15) is 18.1 Å². The van der Waals surface area contributed by atoms with Gasteiger partial charge in [-0.2, -0.15) is 0 Å². The molecule has 0 bridgehead atoms. The van der Waals surface area contributed by atoms with Crippen molar-refractivity contribution in [3.8, 4) is 0 Å². The molecule has 0 unspecified atom stereocenters. The fourth-order valence-electron chi connectivity index (χ4n) is 1.33. The van der Waals surface area contributed by atoms with Crippen molar-refractivity contribution < 1.29 is 8.42 Å². The highest BCUT2D eigenvalue weighted by molar-refractivity contribution is 7.89. The van der Waals surface area contributed by atoms with Gasteiger partial charge in [-0.05, 0) is 30.7 Å². The quantitative estimate of drug-likeness (QED) is 0.799. The van der Waals surface area contributed by atoms with Crippen LogP contribution >= 0.6 is 0 Å². The van der Waals surface area contributed by atoms with Gasteiger partial charge in [-0.1, -0.05) is 19.1 Å². The molecule has 0 atom stereocenters. The molecule has 0 heterocycles. The Bertz CT molecular complexity index is 441. The molecule has 0 aliphatic rings. The first-order chi connectivity index (χ1) is 6.95. The van der Waals surface area contributed by atoms with Crippen LogP contribution in [0.25, 0.3) is 0 Å². The third-order valence-corrected chi connectivity index (χ3v) is 3.19. The molecule has 15 heavy (non-hydrogen) atoms. The van der Waals surface area contributed by atoms with Crippen LogP contribution in [0, 0.1) is 6.92 Å². The number of aryl methyl sites for hydroxylation is 1. The number of nitrogens with one attached hydrogen (secondary N) is 1. The minimum absolute atomic E-state index is 0.206. The van der Waals surface area contributed by atoms with Crippen molar-refractivity contribution in [2.45, 2.75) is 25.3 Å². The van der Waals surface area contributed by atoms with Crippen molar-refractivity contribution in [1.29, 1.82) is 0 Å². The Morgan fingerprint density at radius 3 is 2.60 bits per heavy atom. The van der Waals surface area contributed by atoms with Gasteiger partial charge < -0.3 is 5.32 Å². The number of hydrogen-bond donors (Lipinski definition) is 2. The fourth-order valence-corrected chi connectivity index (χ4v) is 2.16. The van der Waals surface area contributed by atoms with Crippen molar-refractivity contribution >= 4 is 10.0 Å². The zero-order valence-corrected chi connectivity index (χ0v) is 9.76. The van der Waals surface area contributed by atoms with Crippen molar-refractivity contribution in [2.24, 2.45) is 5.14 Å². The summed E-state index contributed by atoms with van der Waals surface area (Å²) in [5.41, 5.74) is 1.60. The van der Waals surface area contributed by atoms with Gasteiger partial charge in [0.25, 0.3) is 0 Å². The van der Waals surface area contributed by atoms with Gasteiger partial charge >= 0.3 is 0 Å². The summed E-state index contributed by atoms with van der Waals surface area (Å²) in [7, 11) is -3.61.